The van der Waals surface area contributed by atoms with E-state index < -0.39 is 10.0 Å². The molecule has 0 unspecified atom stereocenters. The van der Waals surface area contributed by atoms with E-state index in [-0.39, 0.29) is 6.04 Å². The molecular weight excluding hydrogens is 348 g/mol. The van der Waals surface area contributed by atoms with Gasteiger partial charge in [-0.15, -0.1) is 0 Å². The first-order valence-corrected chi connectivity index (χ1v) is 10.9. The summed E-state index contributed by atoms with van der Waals surface area (Å²) in [5.74, 6) is 2.53. The first-order chi connectivity index (χ1) is 12.4. The fourth-order valence-electron chi connectivity index (χ4n) is 3.67. The minimum atomic E-state index is -3.53. The third-order valence-electron chi connectivity index (χ3n) is 5.16. The standard InChI is InChI=1S/C19H26N4O2S/c1-13(2)12-14-5-9-16(10-6-14)26(24,25)23-11-3-4-17(23)19-20-18(21-22-19)15-7-8-15/h5-6,9-10,13,15,17H,3-4,7-8,11-12H2,1-2H3,(H,20,21,22)/t17-/m0/s1. The van der Waals surface area contributed by atoms with E-state index in [0.717, 1.165) is 37.9 Å². The molecule has 2 heterocycles. The van der Waals surface area contributed by atoms with Crippen LogP contribution in [0.4, 0.5) is 0 Å². The average molecular weight is 375 g/mol. The first kappa shape index (κ1) is 17.7. The lowest BCUT2D eigenvalue weighted by Gasteiger charge is -2.22. The lowest BCUT2D eigenvalue weighted by Crippen LogP contribution is -2.31. The Morgan fingerprint density at radius 3 is 2.58 bits per heavy atom. The summed E-state index contributed by atoms with van der Waals surface area (Å²) in [6.07, 6.45) is 4.84. The lowest BCUT2D eigenvalue weighted by molar-refractivity contribution is 0.384. The van der Waals surface area contributed by atoms with Gasteiger partial charge in [-0.3, -0.25) is 5.10 Å². The summed E-state index contributed by atoms with van der Waals surface area (Å²) in [4.78, 5) is 4.95. The molecule has 2 aromatic rings. The Labute approximate surface area is 155 Å². The highest BCUT2D eigenvalue weighted by molar-refractivity contribution is 7.89. The predicted octanol–water partition coefficient (Wildman–Crippen LogP) is 3.41. The van der Waals surface area contributed by atoms with Crippen molar-refractivity contribution in [3.05, 3.63) is 41.5 Å². The molecule has 0 bridgehead atoms. The van der Waals surface area contributed by atoms with Crippen LogP contribution in [-0.4, -0.2) is 34.4 Å². The molecular formula is C19H26N4O2S. The molecule has 1 aliphatic carbocycles. The van der Waals surface area contributed by atoms with Gasteiger partial charge >= 0.3 is 0 Å². The number of H-pyrrole nitrogens is 1. The normalized spacial score (nSPS) is 21.6. The molecule has 2 aliphatic rings. The number of benzene rings is 1. The molecule has 1 aromatic heterocycles. The van der Waals surface area contributed by atoms with E-state index in [1.807, 2.05) is 12.1 Å². The van der Waals surface area contributed by atoms with Crippen molar-refractivity contribution in [2.75, 3.05) is 6.54 Å². The van der Waals surface area contributed by atoms with E-state index >= 15 is 0 Å². The van der Waals surface area contributed by atoms with Crippen molar-refractivity contribution in [1.82, 2.24) is 19.5 Å². The van der Waals surface area contributed by atoms with Crippen LogP contribution in [0.25, 0.3) is 0 Å². The van der Waals surface area contributed by atoms with Crippen LogP contribution in [0, 0.1) is 5.92 Å². The van der Waals surface area contributed by atoms with Gasteiger partial charge in [0.1, 0.15) is 5.82 Å². The molecule has 2 fully saturated rings. The van der Waals surface area contributed by atoms with Gasteiger partial charge in [-0.2, -0.15) is 9.40 Å². The highest BCUT2D eigenvalue weighted by Crippen LogP contribution is 2.40. The van der Waals surface area contributed by atoms with E-state index in [1.165, 1.54) is 5.56 Å². The molecule has 1 aliphatic heterocycles. The van der Waals surface area contributed by atoms with Crippen LogP contribution in [0.5, 0.6) is 0 Å². The molecule has 1 saturated carbocycles. The van der Waals surface area contributed by atoms with E-state index in [4.69, 9.17) is 0 Å². The van der Waals surface area contributed by atoms with Crippen molar-refractivity contribution >= 4 is 10.0 Å². The maximum Gasteiger partial charge on any atom is 0.243 e. The van der Waals surface area contributed by atoms with Crippen molar-refractivity contribution in [2.24, 2.45) is 5.92 Å². The quantitative estimate of drug-likeness (QED) is 0.840. The van der Waals surface area contributed by atoms with Gasteiger partial charge in [-0.25, -0.2) is 13.4 Å². The van der Waals surface area contributed by atoms with Crippen LogP contribution >= 0.6 is 0 Å². The number of sulfonamides is 1. The average Bonchev–Trinajstić information content (AvgIpc) is 3.13. The van der Waals surface area contributed by atoms with Crippen LogP contribution in [-0.2, 0) is 16.4 Å². The lowest BCUT2D eigenvalue weighted by atomic mass is 10.0. The summed E-state index contributed by atoms with van der Waals surface area (Å²) >= 11 is 0. The van der Waals surface area contributed by atoms with Crippen LogP contribution in [0.1, 0.15) is 68.7 Å². The first-order valence-electron chi connectivity index (χ1n) is 9.48. The van der Waals surface area contributed by atoms with Gasteiger partial charge in [0.2, 0.25) is 10.0 Å². The summed E-state index contributed by atoms with van der Waals surface area (Å²) < 4.78 is 27.9. The molecule has 0 amide bonds. The van der Waals surface area contributed by atoms with E-state index in [9.17, 15) is 8.42 Å². The topological polar surface area (TPSA) is 79.0 Å². The number of nitrogens with zero attached hydrogens (tertiary/aromatic N) is 3. The zero-order valence-corrected chi connectivity index (χ0v) is 16.2. The SMILES string of the molecule is CC(C)Cc1ccc(S(=O)(=O)N2CCC[C@H]2c2nc(C3CC3)n[nH]2)cc1. The minimum Gasteiger partial charge on any atom is -0.262 e. The zero-order valence-electron chi connectivity index (χ0n) is 15.4. The van der Waals surface area contributed by atoms with Crippen LogP contribution in [0.15, 0.2) is 29.2 Å². The Hall–Kier alpha value is -1.73. The Balaban J connectivity index is 1.57. The fourth-order valence-corrected chi connectivity index (χ4v) is 5.33. The van der Waals surface area contributed by atoms with E-state index in [0.29, 0.717) is 29.1 Å². The summed E-state index contributed by atoms with van der Waals surface area (Å²) in [6.45, 7) is 4.85. The second-order valence-corrected chi connectivity index (χ2v) is 9.76. The van der Waals surface area contributed by atoms with Crippen LogP contribution in [0.2, 0.25) is 0 Å². The number of nitrogens with one attached hydrogen (secondary N) is 1. The monoisotopic (exact) mass is 374 g/mol. The highest BCUT2D eigenvalue weighted by atomic mass is 32.2. The molecule has 0 radical (unpaired) electrons. The second kappa shape index (κ2) is 6.78. The Bertz CT molecular complexity index is 869. The third-order valence-corrected chi connectivity index (χ3v) is 7.08. The van der Waals surface area contributed by atoms with Crippen molar-refractivity contribution in [3.63, 3.8) is 0 Å². The largest absolute Gasteiger partial charge is 0.262 e. The molecule has 26 heavy (non-hydrogen) atoms. The number of hydrogen-bond donors (Lipinski definition) is 1. The second-order valence-electron chi connectivity index (χ2n) is 7.87. The van der Waals surface area contributed by atoms with E-state index in [2.05, 4.69) is 29.0 Å². The summed E-state index contributed by atoms with van der Waals surface area (Å²) in [5, 5.41) is 7.28. The number of hydrogen-bond acceptors (Lipinski definition) is 4. The Morgan fingerprint density at radius 2 is 1.92 bits per heavy atom. The van der Waals surface area contributed by atoms with Gasteiger partial charge in [-0.1, -0.05) is 26.0 Å². The van der Waals surface area contributed by atoms with Crippen LogP contribution in [0.3, 0.4) is 0 Å². The van der Waals surface area contributed by atoms with Crippen LogP contribution < -0.4 is 0 Å². The van der Waals surface area contributed by atoms with Gasteiger partial charge in [0.25, 0.3) is 0 Å². The molecule has 6 nitrogen and oxygen atoms in total. The summed E-state index contributed by atoms with van der Waals surface area (Å²) in [5.41, 5.74) is 1.17. The molecule has 7 heteroatoms. The third kappa shape index (κ3) is 3.42. The highest BCUT2D eigenvalue weighted by Gasteiger charge is 2.39. The molecule has 1 atom stereocenters. The van der Waals surface area contributed by atoms with Gasteiger partial charge in [0, 0.05) is 12.5 Å². The molecule has 1 saturated heterocycles. The molecule has 1 N–H and O–H groups in total. The molecule has 140 valence electrons. The Kier molecular flexibility index (Phi) is 4.61. The number of aromatic amines is 1. The maximum absolute atomic E-state index is 13.2. The molecule has 4 rings (SSSR count). The van der Waals surface area contributed by atoms with Gasteiger partial charge in [0.05, 0.1) is 10.9 Å². The number of rotatable bonds is 6. The van der Waals surface area contributed by atoms with Crippen molar-refractivity contribution in [2.45, 2.75) is 62.8 Å². The van der Waals surface area contributed by atoms with E-state index in [1.54, 1.807) is 16.4 Å². The van der Waals surface area contributed by atoms with Gasteiger partial charge < -0.3 is 0 Å². The minimum absolute atomic E-state index is 0.240. The Morgan fingerprint density at radius 1 is 1.19 bits per heavy atom. The maximum atomic E-state index is 13.2. The van der Waals surface area contributed by atoms with Gasteiger partial charge in [0.15, 0.2) is 5.82 Å². The van der Waals surface area contributed by atoms with Crippen molar-refractivity contribution in [1.29, 1.82) is 0 Å². The summed E-state index contributed by atoms with van der Waals surface area (Å²) in [7, 11) is -3.53. The van der Waals surface area contributed by atoms with Crippen molar-refractivity contribution in [3.8, 4) is 0 Å². The van der Waals surface area contributed by atoms with Crippen molar-refractivity contribution < 1.29 is 8.42 Å². The number of aromatic nitrogens is 3. The zero-order chi connectivity index (χ0) is 18.3. The smallest absolute Gasteiger partial charge is 0.243 e. The predicted molar refractivity (Wildman–Crippen MR) is 99.2 cm³/mol. The molecule has 1 aromatic carbocycles. The fraction of sp³-hybridized carbons (Fsp3) is 0.579. The molecule has 0 spiro atoms. The summed E-state index contributed by atoms with van der Waals surface area (Å²) in [6, 6.07) is 7.09. The van der Waals surface area contributed by atoms with Gasteiger partial charge in [-0.05, 0) is 55.7 Å².